The maximum absolute atomic E-state index is 12.2. The van der Waals surface area contributed by atoms with Gasteiger partial charge in [-0.1, -0.05) is 24.3 Å². The molecule has 1 aliphatic heterocycles. The summed E-state index contributed by atoms with van der Waals surface area (Å²) in [5, 5.41) is 2.85. The maximum Gasteiger partial charge on any atom is 0.258 e. The largest absolute Gasteiger partial charge is 0.497 e. The van der Waals surface area contributed by atoms with Crippen LogP contribution in [0.4, 0.5) is 5.69 Å². The van der Waals surface area contributed by atoms with Crippen LogP contribution in [-0.2, 0) is 9.59 Å². The summed E-state index contributed by atoms with van der Waals surface area (Å²) < 4.78 is 10.6. The van der Waals surface area contributed by atoms with Gasteiger partial charge in [0.15, 0.2) is 6.61 Å². The van der Waals surface area contributed by atoms with Crippen molar-refractivity contribution in [1.29, 1.82) is 0 Å². The van der Waals surface area contributed by atoms with Gasteiger partial charge in [-0.05, 0) is 24.3 Å². The predicted octanol–water partition coefficient (Wildman–Crippen LogP) is 2.00. The molecule has 2 amide bonds. The summed E-state index contributed by atoms with van der Waals surface area (Å²) in [4.78, 5) is 25.9. The summed E-state index contributed by atoms with van der Waals surface area (Å²) in [6.07, 6.45) is 0.272. The number of ether oxygens (including phenoxy) is 2. The van der Waals surface area contributed by atoms with Gasteiger partial charge in [-0.15, -0.1) is 0 Å². The van der Waals surface area contributed by atoms with Crippen molar-refractivity contribution in [2.75, 3.05) is 25.2 Å². The Morgan fingerprint density at radius 1 is 1.16 bits per heavy atom. The first kappa shape index (κ1) is 16.8. The first-order chi connectivity index (χ1) is 12.2. The molecule has 2 aromatic rings. The van der Waals surface area contributed by atoms with E-state index >= 15 is 0 Å². The van der Waals surface area contributed by atoms with Crippen molar-refractivity contribution in [3.05, 3.63) is 54.6 Å². The average Bonchev–Trinajstić information content (AvgIpc) is 3.01. The van der Waals surface area contributed by atoms with Crippen molar-refractivity contribution in [2.24, 2.45) is 0 Å². The van der Waals surface area contributed by atoms with Crippen molar-refractivity contribution in [2.45, 2.75) is 12.5 Å². The molecule has 0 aromatic heterocycles. The van der Waals surface area contributed by atoms with Crippen molar-refractivity contribution in [3.8, 4) is 11.5 Å². The predicted molar refractivity (Wildman–Crippen MR) is 93.8 cm³/mol. The fourth-order valence-corrected chi connectivity index (χ4v) is 2.77. The second-order valence-corrected chi connectivity index (χ2v) is 5.78. The van der Waals surface area contributed by atoms with Gasteiger partial charge in [0.2, 0.25) is 5.91 Å². The first-order valence-corrected chi connectivity index (χ1v) is 8.07. The molecule has 1 N–H and O–H groups in total. The number of methoxy groups -OCH3 is 1. The molecule has 25 heavy (non-hydrogen) atoms. The fraction of sp³-hybridized carbons (Fsp3) is 0.263. The van der Waals surface area contributed by atoms with E-state index in [0.717, 1.165) is 5.69 Å². The Morgan fingerprint density at radius 2 is 1.92 bits per heavy atom. The van der Waals surface area contributed by atoms with Gasteiger partial charge in [-0.2, -0.15) is 0 Å². The minimum absolute atomic E-state index is 0.0254. The molecule has 0 radical (unpaired) electrons. The van der Waals surface area contributed by atoms with Crippen LogP contribution in [0.2, 0.25) is 0 Å². The zero-order valence-electron chi connectivity index (χ0n) is 14.0. The van der Waals surface area contributed by atoms with Crippen molar-refractivity contribution >= 4 is 17.5 Å². The summed E-state index contributed by atoms with van der Waals surface area (Å²) in [7, 11) is 1.58. The zero-order chi connectivity index (χ0) is 17.6. The van der Waals surface area contributed by atoms with E-state index < -0.39 is 0 Å². The van der Waals surface area contributed by atoms with Gasteiger partial charge in [0.1, 0.15) is 11.5 Å². The van der Waals surface area contributed by atoms with Crippen LogP contribution in [0.1, 0.15) is 6.42 Å². The van der Waals surface area contributed by atoms with Gasteiger partial charge in [0, 0.05) is 24.7 Å². The minimum Gasteiger partial charge on any atom is -0.497 e. The van der Waals surface area contributed by atoms with E-state index in [1.54, 1.807) is 30.2 Å². The minimum atomic E-state index is -0.242. The smallest absolute Gasteiger partial charge is 0.258 e. The van der Waals surface area contributed by atoms with Crippen LogP contribution >= 0.6 is 0 Å². The Labute approximate surface area is 146 Å². The molecule has 6 nitrogen and oxygen atoms in total. The van der Waals surface area contributed by atoms with E-state index in [0.29, 0.717) is 18.0 Å². The third kappa shape index (κ3) is 4.29. The van der Waals surface area contributed by atoms with Crippen LogP contribution in [0, 0.1) is 0 Å². The number of anilines is 1. The molecule has 1 heterocycles. The molecule has 0 bridgehead atoms. The fourth-order valence-electron chi connectivity index (χ4n) is 2.77. The number of nitrogens with one attached hydrogen (secondary N) is 1. The molecule has 6 heteroatoms. The standard InChI is InChI=1S/C19H20N2O4/c1-24-17-9-5-6-15(11-17)21-12-14(10-19(21)23)20-18(22)13-25-16-7-3-2-4-8-16/h2-9,11,14H,10,12-13H2,1H3,(H,20,22)/t14-/m0/s1. The normalized spacial score (nSPS) is 16.6. The Balaban J connectivity index is 1.54. The molecule has 1 fully saturated rings. The van der Waals surface area contributed by atoms with E-state index in [9.17, 15) is 9.59 Å². The summed E-state index contributed by atoms with van der Waals surface area (Å²) >= 11 is 0. The quantitative estimate of drug-likeness (QED) is 0.873. The SMILES string of the molecule is COc1cccc(N2C[C@@H](NC(=O)COc3ccccc3)CC2=O)c1. The van der Waals surface area contributed by atoms with Crippen LogP contribution in [0.25, 0.3) is 0 Å². The van der Waals surface area contributed by atoms with Gasteiger partial charge in [-0.3, -0.25) is 9.59 Å². The molecule has 1 aliphatic rings. The Kier molecular flexibility index (Phi) is 5.18. The maximum atomic E-state index is 12.2. The lowest BCUT2D eigenvalue weighted by Gasteiger charge is -2.18. The number of rotatable bonds is 6. The van der Waals surface area contributed by atoms with Crippen LogP contribution < -0.4 is 19.7 Å². The van der Waals surface area contributed by atoms with Crippen LogP contribution in [0.5, 0.6) is 11.5 Å². The van der Waals surface area contributed by atoms with E-state index in [4.69, 9.17) is 9.47 Å². The molecule has 1 saturated heterocycles. The molecule has 130 valence electrons. The lowest BCUT2D eigenvalue weighted by Crippen LogP contribution is -2.39. The van der Waals surface area contributed by atoms with E-state index in [1.807, 2.05) is 36.4 Å². The zero-order valence-corrected chi connectivity index (χ0v) is 14.0. The van der Waals surface area contributed by atoms with Crippen LogP contribution in [0.3, 0.4) is 0 Å². The van der Waals surface area contributed by atoms with Crippen molar-refractivity contribution in [3.63, 3.8) is 0 Å². The van der Waals surface area contributed by atoms with Crippen molar-refractivity contribution < 1.29 is 19.1 Å². The van der Waals surface area contributed by atoms with E-state index in [1.165, 1.54) is 0 Å². The highest BCUT2D eigenvalue weighted by molar-refractivity contribution is 5.97. The molecule has 0 saturated carbocycles. The summed E-state index contributed by atoms with van der Waals surface area (Å²) in [6, 6.07) is 16.2. The monoisotopic (exact) mass is 340 g/mol. The molecule has 0 spiro atoms. The van der Waals surface area contributed by atoms with Gasteiger partial charge in [0.25, 0.3) is 5.91 Å². The third-order valence-corrected chi connectivity index (χ3v) is 3.97. The van der Waals surface area contributed by atoms with E-state index in [-0.39, 0.29) is 30.9 Å². The molecule has 0 unspecified atom stereocenters. The third-order valence-electron chi connectivity index (χ3n) is 3.97. The number of carbonyl (C=O) groups is 2. The molecule has 2 aromatic carbocycles. The highest BCUT2D eigenvalue weighted by Gasteiger charge is 2.31. The molecule has 3 rings (SSSR count). The molecular formula is C19H20N2O4. The first-order valence-electron chi connectivity index (χ1n) is 8.07. The topological polar surface area (TPSA) is 67.9 Å². The molecule has 1 atom stereocenters. The molecular weight excluding hydrogens is 320 g/mol. The van der Waals surface area contributed by atoms with Gasteiger partial charge < -0.3 is 19.7 Å². The highest BCUT2D eigenvalue weighted by Crippen LogP contribution is 2.25. The number of benzene rings is 2. The summed E-state index contributed by atoms with van der Waals surface area (Å²) in [6.45, 7) is 0.358. The number of para-hydroxylation sites is 1. The lowest BCUT2D eigenvalue weighted by atomic mass is 10.2. The summed E-state index contributed by atoms with van der Waals surface area (Å²) in [5.41, 5.74) is 0.765. The van der Waals surface area contributed by atoms with Gasteiger partial charge in [0.05, 0.1) is 13.2 Å². The Morgan fingerprint density at radius 3 is 2.68 bits per heavy atom. The number of hydrogen-bond acceptors (Lipinski definition) is 4. The van der Waals surface area contributed by atoms with Gasteiger partial charge >= 0.3 is 0 Å². The number of nitrogens with zero attached hydrogens (tertiary/aromatic N) is 1. The Bertz CT molecular complexity index is 748. The van der Waals surface area contributed by atoms with Gasteiger partial charge in [-0.25, -0.2) is 0 Å². The van der Waals surface area contributed by atoms with E-state index in [2.05, 4.69) is 5.32 Å². The van der Waals surface area contributed by atoms with Crippen molar-refractivity contribution in [1.82, 2.24) is 5.32 Å². The number of hydrogen-bond donors (Lipinski definition) is 1. The second-order valence-electron chi connectivity index (χ2n) is 5.78. The number of carbonyl (C=O) groups excluding carboxylic acids is 2. The average molecular weight is 340 g/mol. The second kappa shape index (κ2) is 7.70. The highest BCUT2D eigenvalue weighted by atomic mass is 16.5. The summed E-state index contributed by atoms with van der Waals surface area (Å²) in [5.74, 6) is 1.06. The van der Waals surface area contributed by atoms with Crippen LogP contribution in [0.15, 0.2) is 54.6 Å². The number of amides is 2. The Hall–Kier alpha value is -3.02. The lowest BCUT2D eigenvalue weighted by molar-refractivity contribution is -0.123. The molecule has 0 aliphatic carbocycles. The van der Waals surface area contributed by atoms with Crippen LogP contribution in [-0.4, -0.2) is 38.1 Å².